The minimum Gasteiger partial charge on any atom is -0.340 e. The summed E-state index contributed by atoms with van der Waals surface area (Å²) in [5.41, 5.74) is 6.93. The number of amides is 1. The molecule has 18 heavy (non-hydrogen) atoms. The number of carbonyl (C=O) groups is 1. The van der Waals surface area contributed by atoms with Crippen molar-refractivity contribution in [2.75, 3.05) is 7.05 Å². The van der Waals surface area contributed by atoms with Crippen LogP contribution in [0.25, 0.3) is 0 Å². The molecule has 100 valence electrons. The Morgan fingerprint density at radius 2 is 1.89 bits per heavy atom. The van der Waals surface area contributed by atoms with Crippen molar-refractivity contribution in [3.63, 3.8) is 0 Å². The Hall–Kier alpha value is -1.06. The van der Waals surface area contributed by atoms with Crippen LogP contribution >= 0.6 is 11.6 Å². The lowest BCUT2D eigenvalue weighted by Gasteiger charge is -2.22. The highest BCUT2D eigenvalue weighted by Crippen LogP contribution is 2.12. The van der Waals surface area contributed by atoms with Crippen LogP contribution in [0.3, 0.4) is 0 Å². The number of nitrogens with two attached hydrogens (primary N) is 1. The molecule has 1 amide bonds. The maximum Gasteiger partial charge on any atom is 0.239 e. The Labute approximate surface area is 114 Å². The first-order valence-electron chi connectivity index (χ1n) is 6.15. The van der Waals surface area contributed by atoms with Crippen molar-refractivity contribution in [2.45, 2.75) is 32.9 Å². The fraction of sp³-hybridized carbons (Fsp3) is 0.500. The van der Waals surface area contributed by atoms with Gasteiger partial charge in [-0.2, -0.15) is 0 Å². The van der Waals surface area contributed by atoms with Crippen molar-refractivity contribution in [3.05, 3.63) is 34.9 Å². The molecule has 0 saturated carbocycles. The number of carbonyl (C=O) groups excluding carboxylic acids is 1. The van der Waals surface area contributed by atoms with E-state index in [-0.39, 0.29) is 5.91 Å². The largest absolute Gasteiger partial charge is 0.340 e. The normalized spacial score (nSPS) is 12.6. The first kappa shape index (κ1) is 15.0. The first-order chi connectivity index (χ1) is 8.40. The van der Waals surface area contributed by atoms with Gasteiger partial charge in [-0.1, -0.05) is 37.6 Å². The van der Waals surface area contributed by atoms with Crippen LogP contribution in [0.1, 0.15) is 25.8 Å². The molecule has 3 nitrogen and oxygen atoms in total. The van der Waals surface area contributed by atoms with Crippen LogP contribution in [0.15, 0.2) is 24.3 Å². The van der Waals surface area contributed by atoms with E-state index in [0.717, 1.165) is 5.56 Å². The standard InChI is InChI=1S/C14H21ClN2O/c1-10(2)8-13(16)14(18)17(3)9-11-4-6-12(15)7-5-11/h4-7,10,13H,8-9,16H2,1-3H3/t13-/m0/s1. The van der Waals surface area contributed by atoms with E-state index in [1.807, 2.05) is 24.3 Å². The third kappa shape index (κ3) is 4.67. The van der Waals surface area contributed by atoms with Gasteiger partial charge in [-0.25, -0.2) is 0 Å². The average Bonchev–Trinajstić information content (AvgIpc) is 2.30. The van der Waals surface area contributed by atoms with Gasteiger partial charge in [0.2, 0.25) is 5.91 Å². The van der Waals surface area contributed by atoms with E-state index >= 15 is 0 Å². The van der Waals surface area contributed by atoms with E-state index in [1.54, 1.807) is 11.9 Å². The molecule has 0 aromatic heterocycles. The van der Waals surface area contributed by atoms with Gasteiger partial charge in [0, 0.05) is 18.6 Å². The van der Waals surface area contributed by atoms with Gasteiger partial charge in [-0.15, -0.1) is 0 Å². The molecule has 0 bridgehead atoms. The maximum atomic E-state index is 12.0. The summed E-state index contributed by atoms with van der Waals surface area (Å²) in [4.78, 5) is 13.7. The summed E-state index contributed by atoms with van der Waals surface area (Å²) in [6.45, 7) is 4.68. The second kappa shape index (κ2) is 6.76. The van der Waals surface area contributed by atoms with Crippen molar-refractivity contribution in [3.8, 4) is 0 Å². The van der Waals surface area contributed by atoms with Gasteiger partial charge in [0.1, 0.15) is 0 Å². The van der Waals surface area contributed by atoms with E-state index in [1.165, 1.54) is 0 Å². The van der Waals surface area contributed by atoms with Gasteiger partial charge in [0.05, 0.1) is 6.04 Å². The molecule has 1 atom stereocenters. The molecule has 0 aliphatic carbocycles. The molecule has 1 aromatic rings. The molecule has 0 heterocycles. The third-order valence-corrected chi connectivity index (χ3v) is 3.00. The zero-order valence-corrected chi connectivity index (χ0v) is 11.9. The van der Waals surface area contributed by atoms with Crippen LogP contribution in [0, 0.1) is 5.92 Å². The maximum absolute atomic E-state index is 12.0. The van der Waals surface area contributed by atoms with Crippen LogP contribution < -0.4 is 5.73 Å². The highest BCUT2D eigenvalue weighted by Gasteiger charge is 2.18. The molecule has 0 spiro atoms. The molecule has 0 fully saturated rings. The average molecular weight is 269 g/mol. The van der Waals surface area contributed by atoms with Crippen LogP contribution in [-0.4, -0.2) is 23.9 Å². The smallest absolute Gasteiger partial charge is 0.239 e. The van der Waals surface area contributed by atoms with Crippen LogP contribution in [0.4, 0.5) is 0 Å². The number of rotatable bonds is 5. The Kier molecular flexibility index (Phi) is 5.63. The van der Waals surface area contributed by atoms with Gasteiger partial charge in [-0.3, -0.25) is 4.79 Å². The Morgan fingerprint density at radius 3 is 2.39 bits per heavy atom. The predicted octanol–water partition coefficient (Wildman–Crippen LogP) is 2.67. The molecule has 0 saturated heterocycles. The van der Waals surface area contributed by atoms with Crippen LogP contribution in [0.2, 0.25) is 5.02 Å². The zero-order chi connectivity index (χ0) is 13.7. The van der Waals surface area contributed by atoms with E-state index in [4.69, 9.17) is 17.3 Å². The molecule has 4 heteroatoms. The molecule has 0 aliphatic rings. The van der Waals surface area contributed by atoms with Crippen LogP contribution in [0.5, 0.6) is 0 Å². The van der Waals surface area contributed by atoms with E-state index in [2.05, 4.69) is 13.8 Å². The highest BCUT2D eigenvalue weighted by atomic mass is 35.5. The van der Waals surface area contributed by atoms with Gasteiger partial charge < -0.3 is 10.6 Å². The summed E-state index contributed by atoms with van der Waals surface area (Å²) in [6, 6.07) is 7.06. The summed E-state index contributed by atoms with van der Waals surface area (Å²) in [5, 5.41) is 0.698. The van der Waals surface area contributed by atoms with Gasteiger partial charge >= 0.3 is 0 Å². The minimum atomic E-state index is -0.415. The second-order valence-corrected chi connectivity index (χ2v) is 5.49. The predicted molar refractivity (Wildman–Crippen MR) is 75.4 cm³/mol. The fourth-order valence-electron chi connectivity index (χ4n) is 1.83. The van der Waals surface area contributed by atoms with Crippen molar-refractivity contribution in [1.82, 2.24) is 4.90 Å². The molecule has 0 unspecified atom stereocenters. The minimum absolute atomic E-state index is 0.0151. The number of hydrogen-bond acceptors (Lipinski definition) is 2. The quantitative estimate of drug-likeness (QED) is 0.892. The second-order valence-electron chi connectivity index (χ2n) is 5.06. The Balaban J connectivity index is 2.56. The summed E-state index contributed by atoms with van der Waals surface area (Å²) >= 11 is 5.82. The van der Waals surface area contributed by atoms with Crippen molar-refractivity contribution in [1.29, 1.82) is 0 Å². The van der Waals surface area contributed by atoms with Crippen molar-refractivity contribution < 1.29 is 4.79 Å². The number of halogens is 1. The molecular weight excluding hydrogens is 248 g/mol. The number of benzene rings is 1. The summed E-state index contributed by atoms with van der Waals surface area (Å²) < 4.78 is 0. The number of likely N-dealkylation sites (N-methyl/N-ethyl adjacent to an activating group) is 1. The lowest BCUT2D eigenvalue weighted by molar-refractivity contribution is -0.132. The molecular formula is C14H21ClN2O. The van der Waals surface area contributed by atoms with Crippen molar-refractivity contribution in [2.24, 2.45) is 11.7 Å². The molecule has 1 aromatic carbocycles. The first-order valence-corrected chi connectivity index (χ1v) is 6.53. The fourth-order valence-corrected chi connectivity index (χ4v) is 1.96. The summed E-state index contributed by atoms with van der Waals surface area (Å²) in [5.74, 6) is 0.409. The summed E-state index contributed by atoms with van der Waals surface area (Å²) in [6.07, 6.45) is 0.712. The van der Waals surface area contributed by atoms with Crippen molar-refractivity contribution >= 4 is 17.5 Å². The van der Waals surface area contributed by atoms with E-state index in [0.29, 0.717) is 23.9 Å². The van der Waals surface area contributed by atoms with Gasteiger partial charge in [-0.05, 0) is 30.0 Å². The molecule has 0 aliphatic heterocycles. The molecule has 2 N–H and O–H groups in total. The molecule has 0 radical (unpaired) electrons. The SMILES string of the molecule is CC(C)C[C@H](N)C(=O)N(C)Cc1ccc(Cl)cc1. The van der Waals surface area contributed by atoms with Gasteiger partial charge in [0.25, 0.3) is 0 Å². The molecule has 1 rings (SSSR count). The number of nitrogens with zero attached hydrogens (tertiary/aromatic N) is 1. The monoisotopic (exact) mass is 268 g/mol. The lowest BCUT2D eigenvalue weighted by Crippen LogP contribution is -2.42. The van der Waals surface area contributed by atoms with Crippen LogP contribution in [-0.2, 0) is 11.3 Å². The zero-order valence-electron chi connectivity index (χ0n) is 11.2. The summed E-state index contributed by atoms with van der Waals surface area (Å²) in [7, 11) is 1.77. The Morgan fingerprint density at radius 1 is 1.33 bits per heavy atom. The third-order valence-electron chi connectivity index (χ3n) is 2.75. The Bertz CT molecular complexity index is 389. The highest BCUT2D eigenvalue weighted by molar-refractivity contribution is 6.30. The van der Waals surface area contributed by atoms with E-state index in [9.17, 15) is 4.79 Å². The van der Waals surface area contributed by atoms with E-state index < -0.39 is 6.04 Å². The lowest BCUT2D eigenvalue weighted by atomic mass is 10.0. The van der Waals surface area contributed by atoms with Gasteiger partial charge in [0.15, 0.2) is 0 Å². The topological polar surface area (TPSA) is 46.3 Å². The number of hydrogen-bond donors (Lipinski definition) is 1.